The first-order valence-electron chi connectivity index (χ1n) is 9.62. The number of nitrogens with one attached hydrogen (secondary N) is 1. The van der Waals surface area contributed by atoms with Gasteiger partial charge < -0.3 is 5.32 Å². The van der Waals surface area contributed by atoms with E-state index < -0.39 is 0 Å². The number of carbonyl (C=O) groups excluding carboxylic acids is 1. The summed E-state index contributed by atoms with van der Waals surface area (Å²) in [7, 11) is 0. The van der Waals surface area contributed by atoms with Crippen molar-refractivity contribution in [3.8, 4) is 11.3 Å². The van der Waals surface area contributed by atoms with Crippen molar-refractivity contribution in [3.63, 3.8) is 0 Å². The number of rotatable bonds is 4. The lowest BCUT2D eigenvalue weighted by Gasteiger charge is -2.14. The number of hydrogen-bond acceptors (Lipinski definition) is 3. The molecule has 6 heteroatoms. The van der Waals surface area contributed by atoms with Gasteiger partial charge in [0.05, 0.1) is 22.0 Å². The summed E-state index contributed by atoms with van der Waals surface area (Å²) in [6.45, 7) is 1.97. The molecule has 0 spiro atoms. The average molecular weight is 415 g/mol. The molecule has 0 unspecified atom stereocenters. The summed E-state index contributed by atoms with van der Waals surface area (Å²) >= 11 is 1.52. The smallest absolute Gasteiger partial charge is 0.251 e. The lowest BCUT2D eigenvalue weighted by atomic mass is 10.1. The van der Waals surface area contributed by atoms with E-state index in [0.717, 1.165) is 32.0 Å². The summed E-state index contributed by atoms with van der Waals surface area (Å²) in [4.78, 5) is 18.2. The van der Waals surface area contributed by atoms with Crippen molar-refractivity contribution < 1.29 is 9.18 Å². The molecule has 2 aromatic heterocycles. The Morgan fingerprint density at radius 3 is 2.60 bits per heavy atom. The fraction of sp³-hybridized carbons (Fsp3) is 0.0833. The number of thiazole rings is 1. The third-order valence-corrected chi connectivity index (χ3v) is 6.16. The second kappa shape index (κ2) is 7.39. The van der Waals surface area contributed by atoms with Crippen LogP contribution in [0.5, 0.6) is 0 Å². The minimum absolute atomic E-state index is 0.0756. The maximum absolute atomic E-state index is 13.2. The van der Waals surface area contributed by atoms with Crippen molar-refractivity contribution >= 4 is 32.4 Å². The monoisotopic (exact) mass is 415 g/mol. The van der Waals surface area contributed by atoms with Gasteiger partial charge in [0.1, 0.15) is 5.82 Å². The highest BCUT2D eigenvalue weighted by Gasteiger charge is 2.15. The van der Waals surface area contributed by atoms with Crippen LogP contribution in [0.2, 0.25) is 0 Å². The lowest BCUT2D eigenvalue weighted by molar-refractivity contribution is 0.0940. The number of fused-ring (bicyclic) bond motifs is 3. The van der Waals surface area contributed by atoms with Crippen molar-refractivity contribution in [2.75, 3.05) is 0 Å². The van der Waals surface area contributed by atoms with E-state index in [1.165, 1.54) is 23.5 Å². The summed E-state index contributed by atoms with van der Waals surface area (Å²) < 4.78 is 16.2. The quantitative estimate of drug-likeness (QED) is 0.400. The van der Waals surface area contributed by atoms with Crippen molar-refractivity contribution in [2.24, 2.45) is 0 Å². The first kappa shape index (κ1) is 18.5. The van der Waals surface area contributed by atoms with Crippen molar-refractivity contribution in [1.82, 2.24) is 14.7 Å². The van der Waals surface area contributed by atoms with Crippen LogP contribution in [0.3, 0.4) is 0 Å². The highest BCUT2D eigenvalue weighted by atomic mass is 32.1. The Morgan fingerprint density at radius 2 is 1.83 bits per heavy atom. The number of carbonyl (C=O) groups is 1. The van der Waals surface area contributed by atoms with Gasteiger partial charge in [-0.3, -0.25) is 9.20 Å². The number of halogens is 1. The van der Waals surface area contributed by atoms with Crippen LogP contribution in [0.15, 0.2) is 79.0 Å². The van der Waals surface area contributed by atoms with Crippen LogP contribution in [-0.4, -0.2) is 15.3 Å². The molecule has 0 radical (unpaired) electrons. The summed E-state index contributed by atoms with van der Waals surface area (Å²) in [6.07, 6.45) is 1.94. The lowest BCUT2D eigenvalue weighted by Crippen LogP contribution is -2.26. The van der Waals surface area contributed by atoms with Crippen molar-refractivity contribution in [1.29, 1.82) is 0 Å². The summed E-state index contributed by atoms with van der Waals surface area (Å²) in [5.41, 5.74) is 4.33. The molecule has 30 heavy (non-hydrogen) atoms. The van der Waals surface area contributed by atoms with Crippen LogP contribution >= 0.6 is 11.3 Å². The maximum Gasteiger partial charge on any atom is 0.251 e. The molecular formula is C24H18FN3OS. The van der Waals surface area contributed by atoms with Crippen LogP contribution in [0, 0.1) is 5.82 Å². The Bertz CT molecular complexity index is 1360. The van der Waals surface area contributed by atoms with Crippen LogP contribution in [0.4, 0.5) is 4.39 Å². The van der Waals surface area contributed by atoms with Gasteiger partial charge in [0, 0.05) is 17.3 Å². The second-order valence-corrected chi connectivity index (χ2v) is 8.19. The van der Waals surface area contributed by atoms with Crippen LogP contribution in [-0.2, 0) is 0 Å². The minimum atomic E-state index is -0.266. The van der Waals surface area contributed by atoms with Crippen LogP contribution < -0.4 is 5.32 Å². The average Bonchev–Trinajstić information content (AvgIpc) is 3.32. The van der Waals surface area contributed by atoms with Gasteiger partial charge in [0.25, 0.3) is 5.91 Å². The second-order valence-electron chi connectivity index (χ2n) is 7.18. The molecule has 1 amide bonds. The summed E-state index contributed by atoms with van der Waals surface area (Å²) in [5, 5.41) is 3.05. The van der Waals surface area contributed by atoms with Crippen LogP contribution in [0.1, 0.15) is 28.9 Å². The highest BCUT2D eigenvalue weighted by molar-refractivity contribution is 7.23. The predicted octanol–water partition coefficient (Wildman–Crippen LogP) is 5.85. The molecule has 2 heterocycles. The maximum atomic E-state index is 13.2. The molecule has 0 saturated carbocycles. The van der Waals surface area contributed by atoms with Crippen molar-refractivity contribution in [3.05, 3.63) is 95.9 Å². The zero-order chi connectivity index (χ0) is 20.7. The molecule has 4 nitrogen and oxygen atoms in total. The van der Waals surface area contributed by atoms with Crippen LogP contribution in [0.25, 0.3) is 26.4 Å². The standard InChI is InChI=1S/C24H18FN3OS/c1-15(16-5-3-2-4-6-16)26-23(29)18-9-12-21-22(13-18)30-24-27-20(14-28(21)24)17-7-10-19(25)11-8-17/h2-15H,1H3,(H,26,29)/t15-/m1/s1. The van der Waals surface area contributed by atoms with E-state index in [0.29, 0.717) is 5.56 Å². The molecule has 0 aliphatic rings. The van der Waals surface area contributed by atoms with E-state index in [-0.39, 0.29) is 17.8 Å². The van der Waals surface area contributed by atoms with E-state index in [1.54, 1.807) is 12.1 Å². The largest absolute Gasteiger partial charge is 0.346 e. The number of amides is 1. The first-order chi connectivity index (χ1) is 14.6. The highest BCUT2D eigenvalue weighted by Crippen LogP contribution is 2.30. The number of aromatic nitrogens is 2. The molecule has 0 bridgehead atoms. The van der Waals surface area contributed by atoms with Gasteiger partial charge >= 0.3 is 0 Å². The van der Waals surface area contributed by atoms with Gasteiger partial charge in [0.15, 0.2) is 4.96 Å². The van der Waals surface area contributed by atoms with Gasteiger partial charge in [-0.15, -0.1) is 0 Å². The molecule has 0 aliphatic carbocycles. The normalized spacial score (nSPS) is 12.3. The number of nitrogens with zero attached hydrogens (tertiary/aromatic N) is 2. The van der Waals surface area contributed by atoms with E-state index in [9.17, 15) is 9.18 Å². The van der Waals surface area contributed by atoms with E-state index in [4.69, 9.17) is 0 Å². The molecule has 5 rings (SSSR count). The number of hydrogen-bond donors (Lipinski definition) is 1. The Morgan fingerprint density at radius 1 is 1.07 bits per heavy atom. The zero-order valence-corrected chi connectivity index (χ0v) is 17.0. The Labute approximate surface area is 176 Å². The molecule has 0 fully saturated rings. The molecule has 0 aliphatic heterocycles. The fourth-order valence-corrected chi connectivity index (χ4v) is 4.55. The molecule has 148 valence electrons. The van der Waals surface area contributed by atoms with E-state index >= 15 is 0 Å². The van der Waals surface area contributed by atoms with Gasteiger partial charge in [0.2, 0.25) is 0 Å². The summed E-state index contributed by atoms with van der Waals surface area (Å²) in [6, 6.07) is 21.8. The molecular weight excluding hydrogens is 397 g/mol. The molecule has 0 saturated heterocycles. The number of imidazole rings is 1. The third-order valence-electron chi connectivity index (χ3n) is 5.14. The molecule has 5 aromatic rings. The molecule has 1 atom stereocenters. The zero-order valence-electron chi connectivity index (χ0n) is 16.2. The topological polar surface area (TPSA) is 46.4 Å². The van der Waals surface area contributed by atoms with Gasteiger partial charge in [-0.25, -0.2) is 9.37 Å². The Balaban J connectivity index is 1.43. The minimum Gasteiger partial charge on any atom is -0.346 e. The van der Waals surface area contributed by atoms with Gasteiger partial charge in [-0.1, -0.05) is 41.7 Å². The summed E-state index contributed by atoms with van der Waals surface area (Å²) in [5.74, 6) is -0.371. The van der Waals surface area contributed by atoms with E-state index in [1.807, 2.05) is 66.1 Å². The first-order valence-corrected chi connectivity index (χ1v) is 10.4. The van der Waals surface area contributed by atoms with Crippen molar-refractivity contribution in [2.45, 2.75) is 13.0 Å². The number of benzene rings is 3. The Kier molecular flexibility index (Phi) is 4.56. The SMILES string of the molecule is C[C@@H](NC(=O)c1ccc2c(c1)sc1nc(-c3ccc(F)cc3)cn12)c1ccccc1. The van der Waals surface area contributed by atoms with E-state index in [2.05, 4.69) is 10.3 Å². The Hall–Kier alpha value is -3.51. The molecule has 3 aromatic carbocycles. The fourth-order valence-electron chi connectivity index (χ4n) is 3.51. The molecule has 1 N–H and O–H groups in total. The van der Waals surface area contributed by atoms with Gasteiger partial charge in [-0.05, 0) is 55.0 Å². The predicted molar refractivity (Wildman–Crippen MR) is 118 cm³/mol. The van der Waals surface area contributed by atoms with Gasteiger partial charge in [-0.2, -0.15) is 0 Å². The third kappa shape index (κ3) is 3.35.